The largest absolute Gasteiger partial charge is 0.464 e. The third kappa shape index (κ3) is 2.05. The van der Waals surface area contributed by atoms with Crippen molar-refractivity contribution in [2.45, 2.75) is 26.3 Å². The van der Waals surface area contributed by atoms with Crippen molar-refractivity contribution in [3.05, 3.63) is 36.1 Å². The van der Waals surface area contributed by atoms with Gasteiger partial charge in [0.05, 0.1) is 6.26 Å². The molecule has 0 fully saturated rings. The lowest BCUT2D eigenvalue weighted by Gasteiger charge is -2.11. The molecule has 2 heteroatoms. The van der Waals surface area contributed by atoms with Gasteiger partial charge in [-0.05, 0) is 26.0 Å². The highest BCUT2D eigenvalue weighted by Gasteiger charge is 2.10. The predicted molar refractivity (Wildman–Crippen MR) is 62.9 cm³/mol. The summed E-state index contributed by atoms with van der Waals surface area (Å²) in [6, 6.07) is 8.52. The molecule has 2 aromatic rings. The van der Waals surface area contributed by atoms with E-state index in [0.717, 1.165) is 18.5 Å². The minimum absolute atomic E-state index is 0.355. The molecule has 1 unspecified atom stereocenters. The zero-order valence-electron chi connectivity index (χ0n) is 9.29. The molecule has 0 aliphatic heterocycles. The van der Waals surface area contributed by atoms with Gasteiger partial charge in [-0.1, -0.05) is 25.1 Å². The lowest BCUT2D eigenvalue weighted by atomic mass is 10.1. The summed E-state index contributed by atoms with van der Waals surface area (Å²) in [5, 5.41) is 4.68. The lowest BCUT2D eigenvalue weighted by molar-refractivity contribution is 0.553. The molecule has 1 aromatic heterocycles. The minimum atomic E-state index is 0.355. The average molecular weight is 203 g/mol. The highest BCUT2D eigenvalue weighted by molar-refractivity contribution is 5.81. The molecule has 15 heavy (non-hydrogen) atoms. The van der Waals surface area contributed by atoms with Crippen LogP contribution in [0.1, 0.15) is 31.9 Å². The van der Waals surface area contributed by atoms with Gasteiger partial charge in [-0.2, -0.15) is 0 Å². The molecule has 0 amide bonds. The first-order valence-electron chi connectivity index (χ1n) is 5.52. The molecule has 1 atom stereocenters. The molecule has 0 saturated heterocycles. The molecule has 2 nitrogen and oxygen atoms in total. The van der Waals surface area contributed by atoms with Crippen molar-refractivity contribution in [3.63, 3.8) is 0 Å². The topological polar surface area (TPSA) is 25.2 Å². The number of rotatable bonds is 4. The molecule has 1 aromatic carbocycles. The van der Waals surface area contributed by atoms with E-state index >= 15 is 0 Å². The van der Waals surface area contributed by atoms with Crippen LogP contribution in [-0.4, -0.2) is 6.54 Å². The van der Waals surface area contributed by atoms with Crippen molar-refractivity contribution in [2.24, 2.45) is 0 Å². The molecule has 1 heterocycles. The van der Waals surface area contributed by atoms with Crippen molar-refractivity contribution >= 4 is 11.0 Å². The van der Waals surface area contributed by atoms with E-state index in [1.54, 1.807) is 0 Å². The fourth-order valence-corrected chi connectivity index (χ4v) is 1.80. The van der Waals surface area contributed by atoms with Crippen LogP contribution in [0.3, 0.4) is 0 Å². The van der Waals surface area contributed by atoms with Crippen LogP contribution in [0, 0.1) is 0 Å². The summed E-state index contributed by atoms with van der Waals surface area (Å²) < 4.78 is 5.51. The normalized spacial score (nSPS) is 13.2. The quantitative estimate of drug-likeness (QED) is 0.822. The number of benzene rings is 1. The Balaban J connectivity index is 2.27. The zero-order chi connectivity index (χ0) is 10.7. The second-order valence-electron chi connectivity index (χ2n) is 3.86. The van der Waals surface area contributed by atoms with Gasteiger partial charge in [0, 0.05) is 17.0 Å². The number of hydrogen-bond acceptors (Lipinski definition) is 2. The van der Waals surface area contributed by atoms with Gasteiger partial charge in [0.25, 0.3) is 0 Å². The Morgan fingerprint density at radius 1 is 1.33 bits per heavy atom. The number of hydrogen-bond donors (Lipinski definition) is 1. The molecular formula is C13H17NO. The minimum Gasteiger partial charge on any atom is -0.464 e. The van der Waals surface area contributed by atoms with Crippen molar-refractivity contribution in [1.29, 1.82) is 0 Å². The van der Waals surface area contributed by atoms with Crippen LogP contribution in [0.5, 0.6) is 0 Å². The molecule has 0 aliphatic rings. The van der Waals surface area contributed by atoms with E-state index in [4.69, 9.17) is 4.42 Å². The third-order valence-electron chi connectivity index (χ3n) is 2.68. The standard InChI is InChI=1S/C13H17NO/c1-3-8-14-10(2)12-9-15-13-7-5-4-6-11(12)13/h4-7,9-10,14H,3,8H2,1-2H3. The predicted octanol–water partition coefficient (Wildman–Crippen LogP) is 3.49. The van der Waals surface area contributed by atoms with Crippen LogP contribution in [0.25, 0.3) is 11.0 Å². The van der Waals surface area contributed by atoms with Gasteiger partial charge >= 0.3 is 0 Å². The highest BCUT2D eigenvalue weighted by Crippen LogP contribution is 2.25. The maximum atomic E-state index is 5.51. The maximum Gasteiger partial charge on any atom is 0.134 e. The maximum absolute atomic E-state index is 5.51. The Hall–Kier alpha value is -1.28. The lowest BCUT2D eigenvalue weighted by Crippen LogP contribution is -2.18. The van der Waals surface area contributed by atoms with Crippen molar-refractivity contribution < 1.29 is 4.42 Å². The molecule has 2 rings (SSSR count). The summed E-state index contributed by atoms with van der Waals surface area (Å²) in [5.74, 6) is 0. The van der Waals surface area contributed by atoms with E-state index in [9.17, 15) is 0 Å². The Morgan fingerprint density at radius 3 is 2.93 bits per heavy atom. The molecule has 80 valence electrons. The summed E-state index contributed by atoms with van der Waals surface area (Å²) in [5.41, 5.74) is 2.22. The molecule has 0 aliphatic carbocycles. The van der Waals surface area contributed by atoms with Crippen LogP contribution >= 0.6 is 0 Å². The smallest absolute Gasteiger partial charge is 0.134 e. The van der Waals surface area contributed by atoms with Gasteiger partial charge in [-0.25, -0.2) is 0 Å². The second kappa shape index (κ2) is 4.49. The monoisotopic (exact) mass is 203 g/mol. The van der Waals surface area contributed by atoms with Crippen molar-refractivity contribution in [1.82, 2.24) is 5.32 Å². The summed E-state index contributed by atoms with van der Waals surface area (Å²) in [7, 11) is 0. The Labute approximate surface area is 90.3 Å². The first kappa shape index (κ1) is 10.2. The van der Waals surface area contributed by atoms with E-state index in [0.29, 0.717) is 6.04 Å². The van der Waals surface area contributed by atoms with Crippen LogP contribution < -0.4 is 5.32 Å². The van der Waals surface area contributed by atoms with Crippen molar-refractivity contribution in [2.75, 3.05) is 6.54 Å². The van der Waals surface area contributed by atoms with Gasteiger partial charge in [-0.3, -0.25) is 0 Å². The first-order valence-corrected chi connectivity index (χ1v) is 5.52. The second-order valence-corrected chi connectivity index (χ2v) is 3.86. The van der Waals surface area contributed by atoms with E-state index in [2.05, 4.69) is 25.2 Å². The molecule has 0 bridgehead atoms. The number of furan rings is 1. The average Bonchev–Trinajstić information content (AvgIpc) is 2.69. The fourth-order valence-electron chi connectivity index (χ4n) is 1.80. The number of fused-ring (bicyclic) bond motifs is 1. The zero-order valence-corrected chi connectivity index (χ0v) is 9.29. The van der Waals surface area contributed by atoms with E-state index < -0.39 is 0 Å². The van der Waals surface area contributed by atoms with Gasteiger partial charge in [-0.15, -0.1) is 0 Å². The summed E-state index contributed by atoms with van der Waals surface area (Å²) >= 11 is 0. The Morgan fingerprint density at radius 2 is 2.13 bits per heavy atom. The molecular weight excluding hydrogens is 186 g/mol. The van der Waals surface area contributed by atoms with Crippen molar-refractivity contribution in [3.8, 4) is 0 Å². The molecule has 0 spiro atoms. The first-order chi connectivity index (χ1) is 7.33. The van der Waals surface area contributed by atoms with Gasteiger partial charge in [0.1, 0.15) is 5.58 Å². The van der Waals surface area contributed by atoms with Crippen LogP contribution in [0.4, 0.5) is 0 Å². The third-order valence-corrected chi connectivity index (χ3v) is 2.68. The van der Waals surface area contributed by atoms with Gasteiger partial charge in [0.15, 0.2) is 0 Å². The number of para-hydroxylation sites is 1. The SMILES string of the molecule is CCCNC(C)c1coc2ccccc12. The van der Waals surface area contributed by atoms with Gasteiger partial charge in [0.2, 0.25) is 0 Å². The van der Waals surface area contributed by atoms with E-state index in [1.807, 2.05) is 24.5 Å². The number of nitrogens with one attached hydrogen (secondary N) is 1. The molecule has 0 radical (unpaired) electrons. The molecule has 1 N–H and O–H groups in total. The summed E-state index contributed by atoms with van der Waals surface area (Å²) in [4.78, 5) is 0. The highest BCUT2D eigenvalue weighted by atomic mass is 16.3. The summed E-state index contributed by atoms with van der Waals surface area (Å²) in [6.07, 6.45) is 3.01. The van der Waals surface area contributed by atoms with Crippen LogP contribution in [0.2, 0.25) is 0 Å². The van der Waals surface area contributed by atoms with Crippen LogP contribution in [0.15, 0.2) is 34.9 Å². The Kier molecular flexibility index (Phi) is 3.07. The van der Waals surface area contributed by atoms with E-state index in [-0.39, 0.29) is 0 Å². The molecule has 0 saturated carbocycles. The van der Waals surface area contributed by atoms with E-state index in [1.165, 1.54) is 10.9 Å². The Bertz CT molecular complexity index is 433. The van der Waals surface area contributed by atoms with Gasteiger partial charge < -0.3 is 9.73 Å². The summed E-state index contributed by atoms with van der Waals surface area (Å²) in [6.45, 7) is 5.39. The fraction of sp³-hybridized carbons (Fsp3) is 0.385. The van der Waals surface area contributed by atoms with Crippen LogP contribution in [-0.2, 0) is 0 Å².